The third kappa shape index (κ3) is 6.38. The number of carbonyl (C=O) groups excluding carboxylic acids is 3. The highest BCUT2D eigenvalue weighted by Crippen LogP contribution is 2.31. The third-order valence-electron chi connectivity index (χ3n) is 4.39. The Hall–Kier alpha value is -2.37. The minimum Gasteiger partial charge on any atom is -0.466 e. The molecule has 6 nitrogen and oxygen atoms in total. The highest BCUT2D eigenvalue weighted by molar-refractivity contribution is 5.90. The third-order valence-corrected chi connectivity index (χ3v) is 4.39. The molecule has 0 unspecified atom stereocenters. The van der Waals surface area contributed by atoms with Gasteiger partial charge in [0.1, 0.15) is 11.4 Å². The maximum atomic E-state index is 12.3. The molecule has 0 heterocycles. The second-order valence-electron chi connectivity index (χ2n) is 7.75. The van der Waals surface area contributed by atoms with Crippen LogP contribution in [0.3, 0.4) is 0 Å². The number of rotatable bonds is 5. The topological polar surface area (TPSA) is 78.9 Å². The lowest BCUT2D eigenvalue weighted by molar-refractivity contribution is -0.151. The fourth-order valence-electron chi connectivity index (χ4n) is 3.02. The van der Waals surface area contributed by atoms with Crippen LogP contribution < -0.4 is 4.74 Å². The van der Waals surface area contributed by atoms with E-state index in [1.54, 1.807) is 52.0 Å². The molecule has 1 aliphatic carbocycles. The van der Waals surface area contributed by atoms with Gasteiger partial charge in [-0.15, -0.1) is 0 Å². The van der Waals surface area contributed by atoms with Gasteiger partial charge < -0.3 is 14.2 Å². The standard InChI is InChI=1S/C21H28O6/c1-5-25-18(22)14-6-8-15(9-7-14)19(23)26-17-12-10-16(11-13-17)20(24)27-21(2,3)4/h10-15H,5-9H2,1-4H3. The highest BCUT2D eigenvalue weighted by atomic mass is 16.6. The van der Waals surface area contributed by atoms with Crippen LogP contribution in [0.4, 0.5) is 0 Å². The van der Waals surface area contributed by atoms with Crippen LogP contribution in [0.5, 0.6) is 5.75 Å². The van der Waals surface area contributed by atoms with Crippen LogP contribution in [0.2, 0.25) is 0 Å². The van der Waals surface area contributed by atoms with Crippen molar-refractivity contribution >= 4 is 17.9 Å². The molecule has 6 heteroatoms. The van der Waals surface area contributed by atoms with Crippen LogP contribution in [0, 0.1) is 11.8 Å². The number of esters is 3. The van der Waals surface area contributed by atoms with E-state index in [1.165, 1.54) is 0 Å². The first-order valence-corrected chi connectivity index (χ1v) is 9.41. The van der Waals surface area contributed by atoms with Gasteiger partial charge >= 0.3 is 17.9 Å². The molecular formula is C21H28O6. The zero-order valence-electron chi connectivity index (χ0n) is 16.4. The molecule has 0 radical (unpaired) electrons. The largest absolute Gasteiger partial charge is 0.466 e. The van der Waals surface area contributed by atoms with Crippen molar-refractivity contribution in [2.45, 2.75) is 59.0 Å². The molecule has 0 bridgehead atoms. The fraction of sp³-hybridized carbons (Fsp3) is 0.571. The summed E-state index contributed by atoms with van der Waals surface area (Å²) in [5.74, 6) is -0.856. The summed E-state index contributed by atoms with van der Waals surface area (Å²) in [7, 11) is 0. The molecule has 0 amide bonds. The number of ether oxygens (including phenoxy) is 3. The maximum Gasteiger partial charge on any atom is 0.338 e. The van der Waals surface area contributed by atoms with E-state index >= 15 is 0 Å². The van der Waals surface area contributed by atoms with Crippen LogP contribution in [0.25, 0.3) is 0 Å². The van der Waals surface area contributed by atoms with E-state index in [-0.39, 0.29) is 23.8 Å². The van der Waals surface area contributed by atoms with Gasteiger partial charge in [-0.05, 0) is 77.6 Å². The van der Waals surface area contributed by atoms with Gasteiger partial charge in [-0.3, -0.25) is 9.59 Å². The molecule has 0 N–H and O–H groups in total. The lowest BCUT2D eigenvalue weighted by Gasteiger charge is -2.25. The molecular weight excluding hydrogens is 348 g/mol. The lowest BCUT2D eigenvalue weighted by atomic mass is 9.82. The van der Waals surface area contributed by atoms with Gasteiger partial charge in [-0.2, -0.15) is 0 Å². The maximum absolute atomic E-state index is 12.3. The van der Waals surface area contributed by atoms with Crippen molar-refractivity contribution in [3.63, 3.8) is 0 Å². The summed E-state index contributed by atoms with van der Waals surface area (Å²) in [4.78, 5) is 36.1. The van der Waals surface area contributed by atoms with Crippen LogP contribution in [0.15, 0.2) is 24.3 Å². The van der Waals surface area contributed by atoms with Crippen molar-refractivity contribution < 1.29 is 28.6 Å². The quantitative estimate of drug-likeness (QED) is 0.572. The number of hydrogen-bond acceptors (Lipinski definition) is 6. The molecule has 148 valence electrons. The van der Waals surface area contributed by atoms with Crippen molar-refractivity contribution in [3.8, 4) is 5.75 Å². The van der Waals surface area contributed by atoms with Gasteiger partial charge in [0, 0.05) is 0 Å². The molecule has 1 aliphatic rings. The number of carbonyl (C=O) groups is 3. The normalized spacial score (nSPS) is 19.9. The monoisotopic (exact) mass is 376 g/mol. The second kappa shape index (κ2) is 9.02. The summed E-state index contributed by atoms with van der Waals surface area (Å²) in [5, 5.41) is 0. The minimum absolute atomic E-state index is 0.123. The van der Waals surface area contributed by atoms with Crippen LogP contribution in [0.1, 0.15) is 63.7 Å². The Balaban J connectivity index is 1.86. The molecule has 1 fully saturated rings. The van der Waals surface area contributed by atoms with Gasteiger partial charge in [-0.25, -0.2) is 4.79 Å². The molecule has 1 saturated carbocycles. The highest BCUT2D eigenvalue weighted by Gasteiger charge is 2.31. The molecule has 1 aromatic rings. The van der Waals surface area contributed by atoms with Crippen molar-refractivity contribution in [3.05, 3.63) is 29.8 Å². The van der Waals surface area contributed by atoms with Crippen LogP contribution >= 0.6 is 0 Å². The van der Waals surface area contributed by atoms with E-state index < -0.39 is 11.6 Å². The van der Waals surface area contributed by atoms with Crippen molar-refractivity contribution in [2.24, 2.45) is 11.8 Å². The summed E-state index contributed by atoms with van der Waals surface area (Å²) < 4.78 is 15.8. The summed E-state index contributed by atoms with van der Waals surface area (Å²) in [6.07, 6.45) is 2.49. The second-order valence-corrected chi connectivity index (χ2v) is 7.75. The smallest absolute Gasteiger partial charge is 0.338 e. The Morgan fingerprint density at radius 3 is 1.93 bits per heavy atom. The van der Waals surface area contributed by atoms with E-state index in [2.05, 4.69) is 0 Å². The van der Waals surface area contributed by atoms with Gasteiger partial charge in [0.15, 0.2) is 0 Å². The van der Waals surface area contributed by atoms with E-state index in [9.17, 15) is 14.4 Å². The Labute approximate surface area is 160 Å². The Kier molecular flexibility index (Phi) is 6.99. The average Bonchev–Trinajstić information content (AvgIpc) is 2.61. The molecule has 2 rings (SSSR count). The summed E-state index contributed by atoms with van der Waals surface area (Å²) in [6, 6.07) is 6.32. The van der Waals surface area contributed by atoms with Gasteiger partial charge in [0.05, 0.1) is 24.0 Å². The van der Waals surface area contributed by atoms with Crippen molar-refractivity contribution in [1.82, 2.24) is 0 Å². The predicted molar refractivity (Wildman–Crippen MR) is 99.3 cm³/mol. The van der Waals surface area contributed by atoms with E-state index in [4.69, 9.17) is 14.2 Å². The van der Waals surface area contributed by atoms with Gasteiger partial charge in [0.2, 0.25) is 0 Å². The van der Waals surface area contributed by atoms with Crippen LogP contribution in [-0.2, 0) is 19.1 Å². The molecule has 27 heavy (non-hydrogen) atoms. The first-order valence-electron chi connectivity index (χ1n) is 9.41. The zero-order chi connectivity index (χ0) is 20.0. The van der Waals surface area contributed by atoms with Crippen molar-refractivity contribution in [1.29, 1.82) is 0 Å². The Bertz CT molecular complexity index is 663. The Morgan fingerprint density at radius 1 is 0.926 bits per heavy atom. The molecule has 0 aliphatic heterocycles. The van der Waals surface area contributed by atoms with Gasteiger partial charge in [-0.1, -0.05) is 0 Å². The summed E-state index contributed by atoms with van der Waals surface area (Å²) >= 11 is 0. The predicted octanol–water partition coefficient (Wildman–Crippen LogP) is 3.92. The van der Waals surface area contributed by atoms with Crippen LogP contribution in [-0.4, -0.2) is 30.1 Å². The molecule has 0 saturated heterocycles. The van der Waals surface area contributed by atoms with E-state index in [0.717, 1.165) is 0 Å². The first kappa shape index (κ1) is 20.9. The van der Waals surface area contributed by atoms with E-state index in [1.807, 2.05) is 0 Å². The first-order chi connectivity index (χ1) is 12.7. The Morgan fingerprint density at radius 2 is 1.44 bits per heavy atom. The summed E-state index contributed by atoms with van der Waals surface area (Å²) in [5.41, 5.74) is -0.162. The zero-order valence-corrected chi connectivity index (χ0v) is 16.4. The van der Waals surface area contributed by atoms with Gasteiger partial charge in [0.25, 0.3) is 0 Å². The number of hydrogen-bond donors (Lipinski definition) is 0. The number of benzene rings is 1. The van der Waals surface area contributed by atoms with Crippen molar-refractivity contribution in [2.75, 3.05) is 6.61 Å². The average molecular weight is 376 g/mol. The summed E-state index contributed by atoms with van der Waals surface area (Å²) in [6.45, 7) is 7.57. The molecule has 1 aromatic carbocycles. The lowest BCUT2D eigenvalue weighted by Crippen LogP contribution is -2.29. The molecule has 0 aromatic heterocycles. The SMILES string of the molecule is CCOC(=O)C1CCC(C(=O)Oc2ccc(C(=O)OC(C)(C)C)cc2)CC1. The van der Waals surface area contributed by atoms with E-state index in [0.29, 0.717) is 43.6 Å². The molecule has 0 atom stereocenters. The molecule has 0 spiro atoms. The minimum atomic E-state index is -0.565. The fourth-order valence-corrected chi connectivity index (χ4v) is 3.02.